The maximum Gasteiger partial charge on any atom is 0.157 e. The Hall–Kier alpha value is -0.120. The molecule has 0 spiro atoms. The van der Waals surface area contributed by atoms with Gasteiger partial charge in [-0.1, -0.05) is 20.8 Å². The van der Waals surface area contributed by atoms with Crippen molar-refractivity contribution < 1.29 is 9.53 Å². The van der Waals surface area contributed by atoms with Gasteiger partial charge < -0.3 is 10.1 Å². The highest BCUT2D eigenvalue weighted by molar-refractivity contribution is 6.21. The predicted molar refractivity (Wildman–Crippen MR) is 61.3 cm³/mol. The number of halogens is 1. The van der Waals surface area contributed by atoms with Crippen LogP contribution in [0.1, 0.15) is 27.2 Å². The zero-order valence-electron chi connectivity index (χ0n) is 9.84. The summed E-state index contributed by atoms with van der Waals surface area (Å²) in [6.45, 7) is 6.53. The number of nitrogens with one attached hydrogen (secondary N) is 1. The largest absolute Gasteiger partial charge is 0.378 e. The lowest BCUT2D eigenvalue weighted by Crippen LogP contribution is -2.58. The van der Waals surface area contributed by atoms with Gasteiger partial charge in [-0.15, -0.1) is 11.6 Å². The Kier molecular flexibility index (Phi) is 4.15. The number of rotatable bonds is 2. The molecule has 0 saturated carbocycles. The molecule has 88 valence electrons. The summed E-state index contributed by atoms with van der Waals surface area (Å²) in [7, 11) is 1.61. The SMILES string of the molecule is COC1C(Cl)CCNC1C(=O)C(C)(C)C. The fraction of sp³-hybridized carbons (Fsp3) is 0.909. The van der Waals surface area contributed by atoms with Crippen LogP contribution in [-0.4, -0.2) is 37.0 Å². The Morgan fingerprint density at radius 1 is 1.47 bits per heavy atom. The Balaban J connectivity index is 2.78. The van der Waals surface area contributed by atoms with Crippen molar-refractivity contribution in [3.8, 4) is 0 Å². The second-order valence-corrected chi connectivity index (χ2v) is 5.61. The number of Topliss-reactive ketones (excluding diaryl/α,β-unsaturated/α-hetero) is 1. The number of alkyl halides is 1. The molecule has 0 radical (unpaired) electrons. The van der Waals surface area contributed by atoms with Crippen LogP contribution in [0.4, 0.5) is 0 Å². The van der Waals surface area contributed by atoms with E-state index in [-0.39, 0.29) is 28.7 Å². The van der Waals surface area contributed by atoms with Gasteiger partial charge in [0.2, 0.25) is 0 Å². The summed E-state index contributed by atoms with van der Waals surface area (Å²) in [5, 5.41) is 3.12. The van der Waals surface area contributed by atoms with Gasteiger partial charge in [0.05, 0.1) is 17.5 Å². The van der Waals surface area contributed by atoms with Gasteiger partial charge >= 0.3 is 0 Å². The fourth-order valence-corrected chi connectivity index (χ4v) is 2.22. The van der Waals surface area contributed by atoms with Crippen LogP contribution in [0.3, 0.4) is 0 Å². The number of carbonyl (C=O) groups is 1. The Morgan fingerprint density at radius 2 is 2.07 bits per heavy atom. The summed E-state index contributed by atoms with van der Waals surface area (Å²) < 4.78 is 5.32. The Bertz CT molecular complexity index is 237. The molecule has 3 unspecified atom stereocenters. The van der Waals surface area contributed by atoms with E-state index in [0.29, 0.717) is 0 Å². The molecule has 15 heavy (non-hydrogen) atoms. The summed E-state index contributed by atoms with van der Waals surface area (Å²) in [5.41, 5.74) is -0.359. The normalized spacial score (nSPS) is 32.7. The number of piperidine rings is 1. The van der Waals surface area contributed by atoms with E-state index < -0.39 is 0 Å². The van der Waals surface area contributed by atoms with E-state index in [4.69, 9.17) is 16.3 Å². The van der Waals surface area contributed by atoms with E-state index in [1.807, 2.05) is 20.8 Å². The Morgan fingerprint density at radius 3 is 2.53 bits per heavy atom. The van der Waals surface area contributed by atoms with Crippen LogP contribution in [-0.2, 0) is 9.53 Å². The third-order valence-electron chi connectivity index (χ3n) is 2.76. The lowest BCUT2D eigenvalue weighted by Gasteiger charge is -2.37. The summed E-state index contributed by atoms with van der Waals surface area (Å²) in [6.07, 6.45) is 0.626. The quantitative estimate of drug-likeness (QED) is 0.737. The summed E-state index contributed by atoms with van der Waals surface area (Å²) >= 11 is 6.15. The first-order valence-electron chi connectivity index (χ1n) is 5.32. The third kappa shape index (κ3) is 2.92. The third-order valence-corrected chi connectivity index (χ3v) is 3.23. The van der Waals surface area contributed by atoms with Crippen molar-refractivity contribution >= 4 is 17.4 Å². The molecular weight excluding hydrogens is 214 g/mol. The monoisotopic (exact) mass is 233 g/mol. The van der Waals surface area contributed by atoms with Gasteiger partial charge in [0.15, 0.2) is 5.78 Å². The number of methoxy groups -OCH3 is 1. The van der Waals surface area contributed by atoms with Gasteiger partial charge in [0, 0.05) is 12.5 Å². The van der Waals surface area contributed by atoms with E-state index in [1.54, 1.807) is 7.11 Å². The zero-order valence-corrected chi connectivity index (χ0v) is 10.6. The van der Waals surface area contributed by atoms with E-state index in [2.05, 4.69) is 5.32 Å². The van der Waals surface area contributed by atoms with Gasteiger partial charge in [0.25, 0.3) is 0 Å². The summed E-state index contributed by atoms with van der Waals surface area (Å²) in [5.74, 6) is 0.166. The molecule has 1 fully saturated rings. The fourth-order valence-electron chi connectivity index (χ4n) is 1.86. The molecule has 1 aliphatic rings. The van der Waals surface area contributed by atoms with E-state index in [1.165, 1.54) is 0 Å². The molecular formula is C11H20ClNO2. The molecule has 1 rings (SSSR count). The first kappa shape index (κ1) is 12.9. The molecule has 0 bridgehead atoms. The number of carbonyl (C=O) groups excluding carboxylic acids is 1. The number of ketones is 1. The number of hydrogen-bond acceptors (Lipinski definition) is 3. The van der Waals surface area contributed by atoms with Gasteiger partial charge in [-0.25, -0.2) is 0 Å². The van der Waals surface area contributed by atoms with E-state index in [9.17, 15) is 4.79 Å². The van der Waals surface area contributed by atoms with Crippen LogP contribution in [0.2, 0.25) is 0 Å². The Labute approximate surface area is 96.5 Å². The molecule has 0 aromatic heterocycles. The van der Waals surface area contributed by atoms with Crippen LogP contribution in [0.5, 0.6) is 0 Å². The number of hydrogen-bond donors (Lipinski definition) is 1. The van der Waals surface area contributed by atoms with Crippen molar-refractivity contribution in [2.24, 2.45) is 5.41 Å². The van der Waals surface area contributed by atoms with Crippen molar-refractivity contribution in [1.29, 1.82) is 0 Å². The standard InChI is InChI=1S/C11H20ClNO2/c1-11(2,3)10(14)8-9(15-4)7(12)5-6-13-8/h7-9,13H,5-6H2,1-4H3. The van der Waals surface area contributed by atoms with Crippen LogP contribution in [0, 0.1) is 5.41 Å². The molecule has 0 aromatic rings. The number of ether oxygens (including phenoxy) is 1. The molecule has 4 heteroatoms. The van der Waals surface area contributed by atoms with E-state index in [0.717, 1.165) is 13.0 Å². The average Bonchev–Trinajstić information content (AvgIpc) is 2.14. The van der Waals surface area contributed by atoms with Gasteiger partial charge in [-0.3, -0.25) is 4.79 Å². The second kappa shape index (κ2) is 4.81. The smallest absolute Gasteiger partial charge is 0.157 e. The van der Waals surface area contributed by atoms with Crippen LogP contribution in [0.25, 0.3) is 0 Å². The highest BCUT2D eigenvalue weighted by Crippen LogP contribution is 2.25. The van der Waals surface area contributed by atoms with E-state index >= 15 is 0 Å². The van der Waals surface area contributed by atoms with Crippen molar-refractivity contribution in [3.63, 3.8) is 0 Å². The lowest BCUT2D eigenvalue weighted by molar-refractivity contribution is -0.132. The molecule has 1 aliphatic heterocycles. The van der Waals surface area contributed by atoms with Gasteiger partial charge in [-0.2, -0.15) is 0 Å². The molecule has 1 N–H and O–H groups in total. The van der Waals surface area contributed by atoms with Crippen molar-refractivity contribution in [2.45, 2.75) is 44.7 Å². The molecule has 3 nitrogen and oxygen atoms in total. The minimum atomic E-state index is -0.359. The average molecular weight is 234 g/mol. The molecule has 0 aliphatic carbocycles. The summed E-state index contributed by atoms with van der Waals surface area (Å²) in [4.78, 5) is 12.1. The van der Waals surface area contributed by atoms with Gasteiger partial charge in [0.1, 0.15) is 0 Å². The molecule has 1 saturated heterocycles. The molecule has 0 amide bonds. The first-order chi connectivity index (χ1) is 6.88. The second-order valence-electron chi connectivity index (χ2n) is 5.05. The minimum Gasteiger partial charge on any atom is -0.378 e. The van der Waals surface area contributed by atoms with Crippen LogP contribution < -0.4 is 5.32 Å². The predicted octanol–water partition coefficient (Wildman–Crippen LogP) is 1.59. The minimum absolute atomic E-state index is 0.0763. The van der Waals surface area contributed by atoms with Gasteiger partial charge in [-0.05, 0) is 13.0 Å². The van der Waals surface area contributed by atoms with Crippen molar-refractivity contribution in [3.05, 3.63) is 0 Å². The van der Waals surface area contributed by atoms with Crippen LogP contribution >= 0.6 is 11.6 Å². The highest BCUT2D eigenvalue weighted by Gasteiger charge is 2.40. The van der Waals surface area contributed by atoms with Crippen molar-refractivity contribution in [1.82, 2.24) is 5.32 Å². The molecule has 1 heterocycles. The first-order valence-corrected chi connectivity index (χ1v) is 5.76. The highest BCUT2D eigenvalue weighted by atomic mass is 35.5. The maximum absolute atomic E-state index is 12.1. The van der Waals surface area contributed by atoms with Crippen LogP contribution in [0.15, 0.2) is 0 Å². The molecule has 3 atom stereocenters. The summed E-state index contributed by atoms with van der Waals surface area (Å²) in [6, 6.07) is -0.272. The van der Waals surface area contributed by atoms with Crippen molar-refractivity contribution in [2.75, 3.05) is 13.7 Å². The zero-order chi connectivity index (χ0) is 11.6. The topological polar surface area (TPSA) is 38.3 Å². The lowest BCUT2D eigenvalue weighted by atomic mass is 9.82. The maximum atomic E-state index is 12.1. The molecule has 0 aromatic carbocycles.